The molecule has 12 nitrogen and oxygen atoms in total. The Kier molecular flexibility index (Phi) is 8.84. The molecule has 2 atom stereocenters. The van der Waals surface area contributed by atoms with E-state index in [1.165, 1.54) is 31.4 Å². The molecule has 0 aromatic heterocycles. The number of oxime groups is 1. The second kappa shape index (κ2) is 10.8. The van der Waals surface area contributed by atoms with Crippen molar-refractivity contribution in [1.82, 2.24) is 5.32 Å². The number of hydrogen-bond donors (Lipinski definition) is 5. The number of carbonyl (C=O) groups is 3. The van der Waals surface area contributed by atoms with E-state index < -0.39 is 42.0 Å². The molecule has 2 heterocycles. The van der Waals surface area contributed by atoms with Gasteiger partial charge in [-0.3, -0.25) is 0 Å². The van der Waals surface area contributed by atoms with Gasteiger partial charge in [0.1, 0.15) is 17.2 Å². The van der Waals surface area contributed by atoms with Gasteiger partial charge in [-0.25, -0.2) is 9.59 Å². The number of hydrogen-bond acceptors (Lipinski definition) is 10. The largest absolute Gasteiger partial charge is 1.00 e. The number of carboxylic acids is 2. The number of benzene rings is 1. The molecule has 0 fully saturated rings. The zero-order valence-electron chi connectivity index (χ0n) is 18.0. The molecule has 2 unspecified atom stereocenters. The van der Waals surface area contributed by atoms with E-state index in [0.717, 1.165) is 11.8 Å². The summed E-state index contributed by atoms with van der Waals surface area (Å²) in [4.78, 5) is 40.6. The minimum atomic E-state index is -1.72. The van der Waals surface area contributed by atoms with E-state index in [1.54, 1.807) is 6.07 Å². The minimum absolute atomic E-state index is 0. The molecular formula is C18H20BN4NaO8S. The van der Waals surface area contributed by atoms with Crippen molar-refractivity contribution < 1.29 is 68.7 Å². The molecule has 1 aromatic rings. The number of rotatable bonds is 7. The van der Waals surface area contributed by atoms with Gasteiger partial charge in [0.2, 0.25) is 5.60 Å². The summed E-state index contributed by atoms with van der Waals surface area (Å²) in [6.07, 6.45) is 0.0266. The molecule has 1 amide bonds. The maximum atomic E-state index is 12.9. The van der Waals surface area contributed by atoms with Crippen LogP contribution in [-0.2, 0) is 20.8 Å². The topological polar surface area (TPSA) is 195 Å². The fourth-order valence-electron chi connectivity index (χ4n) is 2.79. The average Bonchev–Trinajstić information content (AvgIpc) is 3.13. The molecular weight excluding hydrogens is 466 g/mol. The van der Waals surface area contributed by atoms with E-state index in [-0.39, 0.29) is 58.7 Å². The van der Waals surface area contributed by atoms with E-state index >= 15 is 0 Å². The number of nitrogens with two attached hydrogens (primary N) is 1. The third kappa shape index (κ3) is 6.22. The van der Waals surface area contributed by atoms with Crippen molar-refractivity contribution in [3.63, 3.8) is 0 Å². The van der Waals surface area contributed by atoms with E-state index in [2.05, 4.69) is 15.8 Å². The smallest absolute Gasteiger partial charge is 0.646 e. The van der Waals surface area contributed by atoms with Crippen LogP contribution in [-0.4, -0.2) is 63.0 Å². The van der Waals surface area contributed by atoms with E-state index in [9.17, 15) is 29.6 Å². The van der Waals surface area contributed by atoms with E-state index in [0.29, 0.717) is 5.56 Å². The van der Waals surface area contributed by atoms with E-state index in [4.69, 9.17) is 15.2 Å². The summed E-state index contributed by atoms with van der Waals surface area (Å²) in [6, 6.07) is 4.45. The predicted molar refractivity (Wildman–Crippen MR) is 115 cm³/mol. The Balaban J connectivity index is 0.00000385. The first-order valence-electron chi connectivity index (χ1n) is 9.32. The van der Waals surface area contributed by atoms with Crippen LogP contribution in [0.2, 0.25) is 0 Å². The predicted octanol–water partition coefficient (Wildman–Crippen LogP) is -2.73. The first-order chi connectivity index (χ1) is 15.0. The number of aliphatic carboxylic acids is 1. The van der Waals surface area contributed by atoms with Crippen LogP contribution in [0.5, 0.6) is 5.75 Å². The first-order valence-corrected chi connectivity index (χ1v) is 10.3. The van der Waals surface area contributed by atoms with Crippen LogP contribution in [0, 0.1) is 0 Å². The Bertz CT molecular complexity index is 1020. The summed E-state index contributed by atoms with van der Waals surface area (Å²) in [5.41, 5.74) is 3.65. The number of para-hydroxylation sites is 1. The van der Waals surface area contributed by atoms with Crippen molar-refractivity contribution in [2.75, 3.05) is 0 Å². The third-order valence-electron chi connectivity index (χ3n) is 4.58. The van der Waals surface area contributed by atoms with Gasteiger partial charge < -0.3 is 45.9 Å². The molecule has 1 aromatic carbocycles. The van der Waals surface area contributed by atoms with Crippen LogP contribution < -0.4 is 45.3 Å². The van der Waals surface area contributed by atoms with Gasteiger partial charge in [0.15, 0.2) is 5.71 Å². The van der Waals surface area contributed by atoms with Crippen LogP contribution in [0.15, 0.2) is 34.5 Å². The van der Waals surface area contributed by atoms with Crippen LogP contribution in [0.1, 0.15) is 29.8 Å². The number of fused-ring (bicyclic) bond motifs is 1. The van der Waals surface area contributed by atoms with E-state index in [1.807, 2.05) is 0 Å². The fraction of sp³-hybridized carbons (Fsp3) is 0.333. The number of aromatic carboxylic acids is 1. The maximum Gasteiger partial charge on any atom is 1.00 e. The molecule has 0 spiro atoms. The molecule has 0 saturated carbocycles. The molecule has 2 aliphatic rings. The van der Waals surface area contributed by atoms with Crippen LogP contribution in [0.25, 0.3) is 5.32 Å². The number of nitrogens with one attached hydrogen (secondary N) is 1. The molecule has 0 radical (unpaired) electrons. The summed E-state index contributed by atoms with van der Waals surface area (Å²) in [5.74, 6) is -4.49. The van der Waals surface area contributed by atoms with Crippen molar-refractivity contribution in [3.8, 4) is 5.75 Å². The third-order valence-corrected chi connectivity index (χ3v) is 5.36. The number of amides is 1. The zero-order chi connectivity index (χ0) is 23.6. The normalized spacial score (nSPS) is 19.8. The van der Waals surface area contributed by atoms with Gasteiger partial charge in [0.25, 0.3) is 0 Å². The average molecular weight is 486 g/mol. The van der Waals surface area contributed by atoms with Gasteiger partial charge in [0.05, 0.1) is 11.3 Å². The summed E-state index contributed by atoms with van der Waals surface area (Å²) >= 11 is 1.16. The maximum absolute atomic E-state index is 12.9. The molecule has 15 heteroatoms. The van der Waals surface area contributed by atoms with Crippen molar-refractivity contribution in [3.05, 3.63) is 45.7 Å². The monoisotopic (exact) mass is 486 g/mol. The molecule has 2 aliphatic heterocycles. The minimum Gasteiger partial charge on any atom is -0.646 e. The van der Waals surface area contributed by atoms with Gasteiger partial charge in [-0.15, -0.1) is 0 Å². The Morgan fingerprint density at radius 2 is 2.06 bits per heavy atom. The molecule has 6 N–H and O–H groups in total. The number of thioether (sulfide) groups is 1. The SMILES string of the molecule is CC(C)(O/N=C(\C(=O)[N-]C1Cc2cccc(C(=O)O)c2OB1O)C1=CSC(N)N1)C(=O)O.[Na+]. The molecule has 0 aliphatic carbocycles. The number of carbonyl (C=O) groups excluding carboxylic acids is 1. The van der Waals surface area contributed by atoms with Gasteiger partial charge in [-0.2, -0.15) is 0 Å². The van der Waals surface area contributed by atoms with Crippen molar-refractivity contribution in [2.45, 2.75) is 37.3 Å². The van der Waals surface area contributed by atoms with Crippen molar-refractivity contribution >= 4 is 42.4 Å². The molecule has 0 saturated heterocycles. The number of nitrogens with zero attached hydrogens (tertiary/aromatic N) is 2. The molecule has 3 rings (SSSR count). The fourth-order valence-corrected chi connectivity index (χ4v) is 3.45. The Labute approximate surface area is 215 Å². The summed E-state index contributed by atoms with van der Waals surface area (Å²) in [5, 5.41) is 40.8. The van der Waals surface area contributed by atoms with Gasteiger partial charge in [-0.1, -0.05) is 35.0 Å². The quantitative estimate of drug-likeness (QED) is 0.153. The first kappa shape index (κ1) is 27.0. The molecule has 0 bridgehead atoms. The summed E-state index contributed by atoms with van der Waals surface area (Å²) < 4.78 is 5.33. The summed E-state index contributed by atoms with van der Waals surface area (Å²) in [6.45, 7) is 2.51. The van der Waals surface area contributed by atoms with Gasteiger partial charge in [0, 0.05) is 0 Å². The Hall–Kier alpha value is -2.23. The second-order valence-corrected chi connectivity index (χ2v) is 8.41. The standard InChI is InChI=1S/C18H21BN4O8S.Na/c1-18(2,16(27)28)31-23-12(10-7-32-17(20)21-10)14(24)22-11-6-8-4-3-5-9(15(25)26)13(8)30-19(11)29;/h3-5,7,11,17,21,29H,6,20H2,1-2H3,(H3,22,24,25,26,27,28);/q;+1/p-1/b23-12-;. The van der Waals surface area contributed by atoms with Crippen LogP contribution in [0.3, 0.4) is 0 Å². The second-order valence-electron chi connectivity index (χ2n) is 7.39. The van der Waals surface area contributed by atoms with Gasteiger partial charge >= 0.3 is 48.6 Å². The van der Waals surface area contributed by atoms with Crippen LogP contribution >= 0.6 is 11.8 Å². The Morgan fingerprint density at radius 3 is 2.64 bits per heavy atom. The summed E-state index contributed by atoms with van der Waals surface area (Å²) in [7, 11) is -1.59. The van der Waals surface area contributed by atoms with Crippen molar-refractivity contribution in [2.24, 2.45) is 10.9 Å². The molecule has 33 heavy (non-hydrogen) atoms. The van der Waals surface area contributed by atoms with Gasteiger partial charge in [-0.05, 0) is 37.3 Å². The van der Waals surface area contributed by atoms with Crippen molar-refractivity contribution in [1.29, 1.82) is 0 Å². The zero-order valence-corrected chi connectivity index (χ0v) is 20.8. The van der Waals surface area contributed by atoms with Crippen LogP contribution in [0.4, 0.5) is 0 Å². The molecule has 170 valence electrons. The number of carboxylic acid groups (broad SMARTS) is 2. The Morgan fingerprint density at radius 1 is 1.36 bits per heavy atom.